The molecule has 0 saturated heterocycles. The van der Waals surface area contributed by atoms with Crippen molar-refractivity contribution < 1.29 is 22.9 Å². The largest absolute Gasteiger partial charge is 0.495 e. The Kier molecular flexibility index (Phi) is 9.54. The first-order valence-electron chi connectivity index (χ1n) is 12.2. The van der Waals surface area contributed by atoms with Crippen LogP contribution < -0.4 is 14.5 Å². The Labute approximate surface area is 238 Å². The number of hydrogen-bond acceptors (Lipinski definition) is 7. The molecule has 0 aliphatic rings. The summed E-state index contributed by atoms with van der Waals surface area (Å²) in [5.41, 5.74) is 3.81. The van der Waals surface area contributed by atoms with Gasteiger partial charge in [0.05, 0.1) is 22.6 Å². The number of rotatable bonds is 11. The van der Waals surface area contributed by atoms with E-state index in [2.05, 4.69) is 24.4 Å². The molecule has 1 N–H and O–H groups in total. The summed E-state index contributed by atoms with van der Waals surface area (Å²) in [7, 11) is -3.15. The molecule has 0 radical (unpaired) electrons. The maximum Gasteiger partial charge on any atom is 0.273 e. The summed E-state index contributed by atoms with van der Waals surface area (Å²) < 4.78 is 33.7. The van der Waals surface area contributed by atoms with Crippen LogP contribution in [-0.4, -0.2) is 38.6 Å². The van der Waals surface area contributed by atoms with Crippen LogP contribution in [0.3, 0.4) is 0 Å². The molecular weight excluding hydrogens is 556 g/mol. The van der Waals surface area contributed by atoms with E-state index in [0.717, 1.165) is 15.9 Å². The lowest BCUT2D eigenvalue weighted by molar-refractivity contribution is -0.385. The molecule has 0 atom stereocenters. The van der Waals surface area contributed by atoms with Gasteiger partial charge in [-0.1, -0.05) is 61.8 Å². The molecule has 0 bridgehead atoms. The Morgan fingerprint density at radius 3 is 2.42 bits per heavy atom. The number of nitro benzene ring substituents is 1. The summed E-state index contributed by atoms with van der Waals surface area (Å²) in [5.74, 6) is -0.601. The van der Waals surface area contributed by atoms with E-state index in [4.69, 9.17) is 16.3 Å². The van der Waals surface area contributed by atoms with Crippen LogP contribution in [0.1, 0.15) is 38.3 Å². The molecule has 1 amide bonds. The van der Waals surface area contributed by atoms with E-state index in [1.165, 1.54) is 44.4 Å². The zero-order valence-electron chi connectivity index (χ0n) is 22.8. The monoisotopic (exact) mass is 586 g/mol. The number of amides is 1. The van der Waals surface area contributed by atoms with Crippen LogP contribution in [0.25, 0.3) is 0 Å². The highest BCUT2D eigenvalue weighted by molar-refractivity contribution is 7.92. The van der Waals surface area contributed by atoms with Crippen molar-refractivity contribution in [2.75, 3.05) is 18.0 Å². The van der Waals surface area contributed by atoms with E-state index in [9.17, 15) is 23.3 Å². The summed E-state index contributed by atoms with van der Waals surface area (Å²) >= 11 is 6.16. The number of anilines is 1. The van der Waals surface area contributed by atoms with Gasteiger partial charge in [0.1, 0.15) is 12.3 Å². The number of carbonyl (C=O) groups excluding carboxylic acids is 1. The highest BCUT2D eigenvalue weighted by Gasteiger charge is 2.31. The number of hydrogen-bond donors (Lipinski definition) is 1. The Morgan fingerprint density at radius 1 is 1.12 bits per heavy atom. The van der Waals surface area contributed by atoms with Gasteiger partial charge in [0.2, 0.25) is 0 Å². The number of aryl methyl sites for hydroxylation is 1. The van der Waals surface area contributed by atoms with E-state index in [0.29, 0.717) is 12.1 Å². The lowest BCUT2D eigenvalue weighted by atomic mass is 9.80. The molecular formula is C28H31ClN4O6S. The van der Waals surface area contributed by atoms with E-state index in [1.54, 1.807) is 6.92 Å². The fraction of sp³-hybridized carbons (Fsp3) is 0.286. The van der Waals surface area contributed by atoms with Crippen LogP contribution in [0.5, 0.6) is 5.75 Å². The molecule has 3 aromatic carbocycles. The molecule has 40 heavy (non-hydrogen) atoms. The number of sulfonamides is 1. The van der Waals surface area contributed by atoms with Gasteiger partial charge < -0.3 is 4.74 Å². The topological polar surface area (TPSA) is 131 Å². The van der Waals surface area contributed by atoms with Crippen molar-refractivity contribution in [1.82, 2.24) is 5.43 Å². The van der Waals surface area contributed by atoms with Crippen molar-refractivity contribution in [3.8, 4) is 5.75 Å². The van der Waals surface area contributed by atoms with Crippen LogP contribution in [-0.2, 0) is 20.2 Å². The second-order valence-electron chi connectivity index (χ2n) is 9.84. The predicted octanol–water partition coefficient (Wildman–Crippen LogP) is 5.62. The molecule has 0 fully saturated rings. The minimum Gasteiger partial charge on any atom is -0.495 e. The highest BCUT2D eigenvalue weighted by Crippen LogP contribution is 2.35. The lowest BCUT2D eigenvalue weighted by Gasteiger charge is -2.26. The Bertz CT molecular complexity index is 1540. The second-order valence-corrected chi connectivity index (χ2v) is 12.1. The molecule has 0 heterocycles. The number of nitrogens with zero attached hydrogens (tertiary/aromatic N) is 3. The van der Waals surface area contributed by atoms with Crippen LogP contribution in [0, 0.1) is 17.0 Å². The van der Waals surface area contributed by atoms with Gasteiger partial charge >= 0.3 is 0 Å². The first-order chi connectivity index (χ1) is 18.8. The summed E-state index contributed by atoms with van der Waals surface area (Å²) in [6, 6.07) is 17.7. The summed E-state index contributed by atoms with van der Waals surface area (Å²) in [5, 5.41) is 15.9. The van der Waals surface area contributed by atoms with E-state index >= 15 is 0 Å². The van der Waals surface area contributed by atoms with Gasteiger partial charge in [0.25, 0.3) is 21.6 Å². The van der Waals surface area contributed by atoms with Crippen LogP contribution in [0.2, 0.25) is 5.02 Å². The number of nitro groups is 1. The SMILES string of the molecule is COc1ccc(Cl)cc1N(CC(=O)N/N=C(/C)CC(C)(C)c1ccccc1)S(=O)(=O)c1ccc(C)c([N+](=O)[O-])c1. The van der Waals surface area contributed by atoms with Crippen molar-refractivity contribution in [1.29, 1.82) is 0 Å². The van der Waals surface area contributed by atoms with Gasteiger partial charge in [0.15, 0.2) is 0 Å². The van der Waals surface area contributed by atoms with Crippen LogP contribution in [0.15, 0.2) is 76.7 Å². The van der Waals surface area contributed by atoms with Crippen molar-refractivity contribution in [2.45, 2.75) is 44.4 Å². The average molecular weight is 587 g/mol. The third kappa shape index (κ3) is 7.16. The zero-order chi connectivity index (χ0) is 29.7. The van der Waals surface area contributed by atoms with Gasteiger partial charge in [-0.25, -0.2) is 13.8 Å². The van der Waals surface area contributed by atoms with Gasteiger partial charge in [-0.3, -0.25) is 19.2 Å². The molecule has 0 spiro atoms. The third-order valence-electron chi connectivity index (χ3n) is 6.29. The van der Waals surface area contributed by atoms with Gasteiger partial charge in [-0.15, -0.1) is 0 Å². The van der Waals surface area contributed by atoms with Gasteiger partial charge in [0, 0.05) is 22.4 Å². The standard InChI is InChI=1S/C28H31ClN4O6S/c1-19-11-13-23(16-24(19)33(35)36)40(37,38)32(25-15-22(29)12-14-26(25)39-5)18-27(34)31-30-20(2)17-28(3,4)21-9-7-6-8-10-21/h6-16H,17-18H2,1-5H3,(H,31,34)/b30-20-. The molecule has 0 saturated carbocycles. The molecule has 3 rings (SSSR count). The van der Waals surface area contributed by atoms with Gasteiger partial charge in [-0.05, 0) is 55.5 Å². The molecule has 10 nitrogen and oxygen atoms in total. The number of hydrazone groups is 1. The number of carbonyl (C=O) groups is 1. The fourth-order valence-electron chi connectivity index (χ4n) is 4.23. The summed E-state index contributed by atoms with van der Waals surface area (Å²) in [6.45, 7) is 6.69. The molecule has 212 valence electrons. The Hall–Kier alpha value is -3.96. The maximum atomic E-state index is 13.8. The number of halogens is 1. The smallest absolute Gasteiger partial charge is 0.273 e. The number of benzene rings is 3. The quantitative estimate of drug-likeness (QED) is 0.176. The van der Waals surface area contributed by atoms with E-state index in [-0.39, 0.29) is 38.0 Å². The number of ether oxygens (including phenoxy) is 1. The van der Waals surface area contributed by atoms with E-state index < -0.39 is 27.4 Å². The third-order valence-corrected chi connectivity index (χ3v) is 8.28. The van der Waals surface area contributed by atoms with Crippen LogP contribution >= 0.6 is 11.6 Å². The molecule has 12 heteroatoms. The molecule has 0 aliphatic carbocycles. The Balaban J connectivity index is 1.94. The van der Waals surface area contributed by atoms with Gasteiger partial charge in [-0.2, -0.15) is 5.10 Å². The molecule has 0 aliphatic heterocycles. The summed E-state index contributed by atoms with van der Waals surface area (Å²) in [4.78, 5) is 23.5. The molecule has 0 aromatic heterocycles. The Morgan fingerprint density at radius 2 is 1.80 bits per heavy atom. The van der Waals surface area contributed by atoms with E-state index in [1.807, 2.05) is 30.3 Å². The zero-order valence-corrected chi connectivity index (χ0v) is 24.4. The molecule has 0 unspecified atom stereocenters. The maximum absolute atomic E-state index is 13.8. The average Bonchev–Trinajstić information content (AvgIpc) is 2.90. The molecule has 3 aromatic rings. The second kappa shape index (κ2) is 12.5. The fourth-order valence-corrected chi connectivity index (χ4v) is 5.84. The van der Waals surface area contributed by atoms with Crippen molar-refractivity contribution in [3.05, 3.63) is 93.0 Å². The first kappa shape index (κ1) is 30.6. The normalized spacial score (nSPS) is 12.1. The van der Waals surface area contributed by atoms with Crippen molar-refractivity contribution in [3.63, 3.8) is 0 Å². The number of nitrogens with one attached hydrogen (secondary N) is 1. The predicted molar refractivity (Wildman–Crippen MR) is 156 cm³/mol. The van der Waals surface area contributed by atoms with Crippen molar-refractivity contribution in [2.24, 2.45) is 5.10 Å². The lowest BCUT2D eigenvalue weighted by Crippen LogP contribution is -2.40. The minimum atomic E-state index is -4.49. The minimum absolute atomic E-state index is 0.0145. The summed E-state index contributed by atoms with van der Waals surface area (Å²) in [6.07, 6.45) is 0.536. The number of methoxy groups -OCH3 is 1. The van der Waals surface area contributed by atoms with Crippen LogP contribution in [0.4, 0.5) is 11.4 Å². The first-order valence-corrected chi connectivity index (χ1v) is 14.1. The highest BCUT2D eigenvalue weighted by atomic mass is 35.5. The van der Waals surface area contributed by atoms with Crippen molar-refractivity contribution >= 4 is 44.6 Å².